The fourth-order valence-electron chi connectivity index (χ4n) is 3.62. The van der Waals surface area contributed by atoms with E-state index in [0.717, 1.165) is 5.56 Å². The number of hydrogen-bond acceptors (Lipinski definition) is 8. The van der Waals surface area contributed by atoms with Gasteiger partial charge in [-0.2, -0.15) is 5.10 Å². The van der Waals surface area contributed by atoms with Gasteiger partial charge in [0.1, 0.15) is 17.3 Å². The number of nitrogens with zero attached hydrogens (tertiary/aromatic N) is 4. The molecule has 0 bridgehead atoms. The summed E-state index contributed by atoms with van der Waals surface area (Å²) in [6.45, 7) is -0.0990. The Morgan fingerprint density at radius 1 is 1.10 bits per heavy atom. The molecule has 0 aliphatic carbocycles. The largest absolute Gasteiger partial charge is 0.483 e. The van der Waals surface area contributed by atoms with Crippen LogP contribution in [0.2, 0.25) is 0 Å². The lowest BCUT2D eigenvalue weighted by Gasteiger charge is -2.12. The van der Waals surface area contributed by atoms with Crippen LogP contribution in [0.4, 0.5) is 10.1 Å². The number of pyridine rings is 1. The van der Waals surface area contributed by atoms with Crippen molar-refractivity contribution < 1.29 is 23.1 Å². The van der Waals surface area contributed by atoms with E-state index in [9.17, 15) is 14.0 Å². The Balaban J connectivity index is 1.33. The molecule has 2 aromatic heterocycles. The third kappa shape index (κ3) is 6.88. The number of furan rings is 1. The predicted octanol–water partition coefficient (Wildman–Crippen LogP) is 5.34. The Labute approximate surface area is 233 Å². The second kappa shape index (κ2) is 12.7. The van der Waals surface area contributed by atoms with E-state index in [0.29, 0.717) is 32.8 Å². The summed E-state index contributed by atoms with van der Waals surface area (Å²) in [5.41, 5.74) is 1.82. The van der Waals surface area contributed by atoms with Gasteiger partial charge in [0.15, 0.2) is 11.8 Å². The van der Waals surface area contributed by atoms with Crippen molar-refractivity contribution in [1.82, 2.24) is 9.88 Å². The van der Waals surface area contributed by atoms with Gasteiger partial charge in [-0.15, -0.1) is 5.10 Å². The molecule has 1 N–H and O–H groups in total. The third-order valence-electron chi connectivity index (χ3n) is 5.51. The second-order valence-electron chi connectivity index (χ2n) is 8.38. The van der Waals surface area contributed by atoms with Crippen LogP contribution in [0.15, 0.2) is 111 Å². The summed E-state index contributed by atoms with van der Waals surface area (Å²) in [4.78, 5) is 31.7. The summed E-state index contributed by atoms with van der Waals surface area (Å²) in [6.07, 6.45) is 8.09. The Kier molecular flexibility index (Phi) is 8.42. The highest BCUT2D eigenvalue weighted by Crippen LogP contribution is 2.35. The van der Waals surface area contributed by atoms with E-state index in [1.54, 1.807) is 67.1 Å². The monoisotopic (exact) mass is 555 g/mol. The van der Waals surface area contributed by atoms with Crippen molar-refractivity contribution >= 4 is 46.7 Å². The average molecular weight is 556 g/mol. The van der Waals surface area contributed by atoms with E-state index in [1.165, 1.54) is 47.2 Å². The second-order valence-corrected chi connectivity index (χ2v) is 9.39. The number of amides is 2. The van der Waals surface area contributed by atoms with Gasteiger partial charge in [-0.1, -0.05) is 24.3 Å². The maximum absolute atomic E-state index is 13.4. The number of para-hydroxylation sites is 1. The van der Waals surface area contributed by atoms with Gasteiger partial charge in [0.05, 0.1) is 23.9 Å². The van der Waals surface area contributed by atoms with Gasteiger partial charge in [-0.25, -0.2) is 4.39 Å². The molecule has 0 saturated carbocycles. The number of ether oxygens (including phenoxy) is 1. The molecule has 200 valence electrons. The maximum Gasteiger partial charge on any atom is 0.267 e. The van der Waals surface area contributed by atoms with Crippen LogP contribution in [-0.4, -0.2) is 39.7 Å². The minimum atomic E-state index is -0.411. The van der Waals surface area contributed by atoms with Crippen molar-refractivity contribution in [1.29, 1.82) is 0 Å². The summed E-state index contributed by atoms with van der Waals surface area (Å²) in [5.74, 6) is -0.0801. The minimum absolute atomic E-state index is 0.180. The lowest BCUT2D eigenvalue weighted by atomic mass is 10.2. The molecule has 5 rings (SSSR count). The zero-order valence-corrected chi connectivity index (χ0v) is 21.8. The van der Waals surface area contributed by atoms with E-state index >= 15 is 0 Å². The van der Waals surface area contributed by atoms with Gasteiger partial charge in [0.25, 0.3) is 11.8 Å². The molecule has 1 aliphatic heterocycles. The first-order valence-electron chi connectivity index (χ1n) is 12.1. The summed E-state index contributed by atoms with van der Waals surface area (Å²) < 4.78 is 24.3. The quantitative estimate of drug-likeness (QED) is 0.170. The number of amidine groups is 1. The Morgan fingerprint density at radius 2 is 1.95 bits per heavy atom. The van der Waals surface area contributed by atoms with Crippen LogP contribution in [0.3, 0.4) is 0 Å². The van der Waals surface area contributed by atoms with Gasteiger partial charge in [-0.05, 0) is 66.4 Å². The minimum Gasteiger partial charge on any atom is -0.483 e. The normalized spacial score (nSPS) is 15.3. The summed E-state index contributed by atoms with van der Waals surface area (Å²) in [7, 11) is 0. The molecular formula is C29H22FN5O4S. The first kappa shape index (κ1) is 26.6. The predicted molar refractivity (Wildman–Crippen MR) is 151 cm³/mol. The van der Waals surface area contributed by atoms with Gasteiger partial charge in [0.2, 0.25) is 0 Å². The molecule has 0 unspecified atom stereocenters. The molecule has 1 fully saturated rings. The van der Waals surface area contributed by atoms with Crippen LogP contribution < -0.4 is 10.1 Å². The van der Waals surface area contributed by atoms with Crippen molar-refractivity contribution in [3.05, 3.63) is 119 Å². The highest BCUT2D eigenvalue weighted by atomic mass is 32.2. The molecule has 9 nitrogen and oxygen atoms in total. The molecule has 4 aromatic rings. The number of anilines is 1. The number of aromatic nitrogens is 1. The highest BCUT2D eigenvalue weighted by Gasteiger charge is 2.34. The zero-order chi connectivity index (χ0) is 27.7. The van der Waals surface area contributed by atoms with Crippen molar-refractivity contribution in [3.8, 4) is 5.75 Å². The van der Waals surface area contributed by atoms with Gasteiger partial charge < -0.3 is 14.5 Å². The molecule has 40 heavy (non-hydrogen) atoms. The number of benzene rings is 2. The molecule has 11 heteroatoms. The van der Waals surface area contributed by atoms with Gasteiger partial charge >= 0.3 is 0 Å². The smallest absolute Gasteiger partial charge is 0.267 e. The van der Waals surface area contributed by atoms with Crippen LogP contribution >= 0.6 is 11.8 Å². The molecule has 0 spiro atoms. The maximum atomic E-state index is 13.4. The standard InChI is InChI=1S/C29H22FN5O4S/c30-22-9-11-23(12-10-22)33-27(36)19-39-25-8-2-1-6-21(25)15-26-28(37)35(18-24-7-4-14-38-24)29(40-26)34-32-17-20-5-3-13-31-16-20/h1-17H,18-19H2,(H,33,36)/b26-15-,32-17-,34-29+. The van der Waals surface area contributed by atoms with Gasteiger partial charge in [-0.3, -0.25) is 19.5 Å². The molecule has 1 saturated heterocycles. The number of thioether (sulfide) groups is 1. The number of carbonyl (C=O) groups is 2. The van der Waals surface area contributed by atoms with Crippen molar-refractivity contribution in [2.75, 3.05) is 11.9 Å². The SMILES string of the molecule is O=C(COc1ccccc1/C=C1\S/C(=N/N=C\c2cccnc2)N(Cc2ccco2)C1=O)Nc1ccc(F)cc1. The highest BCUT2D eigenvalue weighted by molar-refractivity contribution is 8.18. The average Bonchev–Trinajstić information content (AvgIpc) is 3.59. The molecule has 2 amide bonds. The Morgan fingerprint density at radius 3 is 2.73 bits per heavy atom. The number of nitrogens with one attached hydrogen (secondary N) is 1. The molecule has 0 radical (unpaired) electrons. The fraction of sp³-hybridized carbons (Fsp3) is 0.0690. The summed E-state index contributed by atoms with van der Waals surface area (Å²) in [6, 6.07) is 19.6. The van der Waals surface area contributed by atoms with Crippen LogP contribution in [0.1, 0.15) is 16.9 Å². The van der Waals surface area contributed by atoms with E-state index in [-0.39, 0.29) is 19.1 Å². The van der Waals surface area contributed by atoms with E-state index in [2.05, 4.69) is 20.5 Å². The van der Waals surface area contributed by atoms with Crippen LogP contribution in [0.25, 0.3) is 6.08 Å². The van der Waals surface area contributed by atoms with E-state index < -0.39 is 11.7 Å². The summed E-state index contributed by atoms with van der Waals surface area (Å²) >= 11 is 1.17. The first-order valence-corrected chi connectivity index (χ1v) is 12.9. The van der Waals surface area contributed by atoms with Gasteiger partial charge in [0, 0.05) is 29.2 Å². The Hall–Kier alpha value is -5.03. The van der Waals surface area contributed by atoms with Crippen LogP contribution in [-0.2, 0) is 16.1 Å². The van der Waals surface area contributed by atoms with E-state index in [4.69, 9.17) is 9.15 Å². The molecule has 2 aromatic carbocycles. The first-order chi connectivity index (χ1) is 19.5. The van der Waals surface area contributed by atoms with Crippen molar-refractivity contribution in [3.63, 3.8) is 0 Å². The molecular weight excluding hydrogens is 533 g/mol. The fourth-order valence-corrected chi connectivity index (χ4v) is 4.55. The molecule has 1 aliphatic rings. The van der Waals surface area contributed by atoms with Crippen LogP contribution in [0, 0.1) is 5.82 Å². The Bertz CT molecular complexity index is 1570. The molecule has 3 heterocycles. The number of halogens is 1. The number of rotatable bonds is 9. The third-order valence-corrected chi connectivity index (χ3v) is 6.51. The van der Waals surface area contributed by atoms with Crippen molar-refractivity contribution in [2.24, 2.45) is 10.2 Å². The van der Waals surface area contributed by atoms with Crippen molar-refractivity contribution in [2.45, 2.75) is 6.54 Å². The van der Waals surface area contributed by atoms with E-state index in [1.807, 2.05) is 6.07 Å². The molecule has 0 atom stereocenters. The lowest BCUT2D eigenvalue weighted by Crippen LogP contribution is -2.28. The lowest BCUT2D eigenvalue weighted by molar-refractivity contribution is -0.122. The number of hydrogen-bond donors (Lipinski definition) is 1. The topological polar surface area (TPSA) is 109 Å². The summed E-state index contributed by atoms with van der Waals surface area (Å²) in [5, 5.41) is 11.5. The van der Waals surface area contributed by atoms with Crippen LogP contribution in [0.5, 0.6) is 5.75 Å². The number of carbonyl (C=O) groups excluding carboxylic acids is 2. The zero-order valence-electron chi connectivity index (χ0n) is 20.9.